The molecule has 12 nitrogen and oxygen atoms in total. The largest absolute Gasteiger partial charge is 0.296 e. The molecule has 0 fully saturated rings. The molecule has 41 heavy (non-hydrogen) atoms. The van der Waals surface area contributed by atoms with Crippen molar-refractivity contribution in [1.29, 1.82) is 0 Å². The van der Waals surface area contributed by atoms with Gasteiger partial charge in [0.15, 0.2) is 5.16 Å². The molecule has 5 aromatic rings. The van der Waals surface area contributed by atoms with Crippen molar-refractivity contribution in [3.05, 3.63) is 106 Å². The highest BCUT2D eigenvalue weighted by Gasteiger charge is 2.29. The molecule has 14 heteroatoms. The molecule has 2 aromatic carbocycles. The van der Waals surface area contributed by atoms with Crippen molar-refractivity contribution in [3.63, 3.8) is 0 Å². The van der Waals surface area contributed by atoms with Gasteiger partial charge in [-0.25, -0.2) is 14.2 Å². The SMILES string of the molecule is Cc1c(-n2c(Sc3ccc([N+](=O)[O-])cc3[N+](=O)[O-])nc3sc4c(c3c2=O)CCCC4)c(=O)n(-c2ccccc2)n1C. The maximum Gasteiger partial charge on any atom is 0.296 e. The monoisotopic (exact) mass is 590 g/mol. The molecule has 0 bridgehead atoms. The van der Waals surface area contributed by atoms with E-state index < -0.39 is 32.3 Å². The number of nitro groups is 2. The van der Waals surface area contributed by atoms with Crippen LogP contribution in [-0.2, 0) is 19.9 Å². The van der Waals surface area contributed by atoms with Gasteiger partial charge in [-0.05, 0) is 68.1 Å². The number of aryl methyl sites for hydroxylation is 2. The van der Waals surface area contributed by atoms with Gasteiger partial charge in [0.1, 0.15) is 10.5 Å². The first-order valence-electron chi connectivity index (χ1n) is 12.7. The first kappa shape index (κ1) is 26.7. The van der Waals surface area contributed by atoms with Crippen molar-refractivity contribution in [1.82, 2.24) is 18.9 Å². The maximum absolute atomic E-state index is 14.3. The lowest BCUT2D eigenvalue weighted by Crippen LogP contribution is -2.28. The van der Waals surface area contributed by atoms with Gasteiger partial charge in [-0.15, -0.1) is 11.3 Å². The zero-order chi connectivity index (χ0) is 29.0. The molecule has 0 atom stereocenters. The molecule has 0 amide bonds. The lowest BCUT2D eigenvalue weighted by molar-refractivity contribution is -0.396. The second kappa shape index (κ2) is 10.1. The number of fused-ring (bicyclic) bond motifs is 3. The molecule has 1 aliphatic carbocycles. The summed E-state index contributed by atoms with van der Waals surface area (Å²) in [6.45, 7) is 1.72. The van der Waals surface area contributed by atoms with Crippen LogP contribution in [-0.4, -0.2) is 28.8 Å². The summed E-state index contributed by atoms with van der Waals surface area (Å²) in [5, 5.41) is 23.7. The standard InChI is InChI=1S/C27H22N6O6S2/c1-15-23(26(35)31(29(15)2)16-8-4-3-5-9-16)30-25(34)22-18-10-6-7-11-20(18)40-24(22)28-27(30)41-21-13-12-17(32(36)37)14-19(21)33(38)39/h3-5,8-9,12-14H,6-7,10-11H2,1-2H3. The summed E-state index contributed by atoms with van der Waals surface area (Å²) in [7, 11) is 1.71. The summed E-state index contributed by atoms with van der Waals surface area (Å²) in [5.74, 6) is 0. The van der Waals surface area contributed by atoms with Gasteiger partial charge in [0, 0.05) is 18.0 Å². The summed E-state index contributed by atoms with van der Waals surface area (Å²) in [5.41, 5.74) is 0.308. The number of aromatic nitrogens is 4. The van der Waals surface area contributed by atoms with Gasteiger partial charge in [0.25, 0.3) is 22.5 Å². The summed E-state index contributed by atoms with van der Waals surface area (Å²) in [4.78, 5) is 56.5. The maximum atomic E-state index is 14.3. The molecule has 0 unspecified atom stereocenters. The van der Waals surface area contributed by atoms with Crippen LogP contribution in [0.4, 0.5) is 11.4 Å². The Morgan fingerprint density at radius 1 is 0.976 bits per heavy atom. The zero-order valence-electron chi connectivity index (χ0n) is 21.9. The number of hydrogen-bond donors (Lipinski definition) is 0. The van der Waals surface area contributed by atoms with E-state index in [9.17, 15) is 29.8 Å². The third-order valence-corrected chi connectivity index (χ3v) is 9.46. The average molecular weight is 591 g/mol. The molecule has 6 rings (SSSR count). The number of non-ortho nitro benzene ring substituents is 1. The van der Waals surface area contributed by atoms with E-state index in [2.05, 4.69) is 0 Å². The van der Waals surface area contributed by atoms with E-state index in [4.69, 9.17) is 4.98 Å². The van der Waals surface area contributed by atoms with Crippen LogP contribution in [0.2, 0.25) is 0 Å². The normalized spacial score (nSPS) is 12.9. The molecular formula is C27H22N6O6S2. The lowest BCUT2D eigenvalue weighted by atomic mass is 9.97. The Labute approximate surface area is 239 Å². The Bertz CT molecular complexity index is 2010. The van der Waals surface area contributed by atoms with Crippen molar-refractivity contribution in [2.24, 2.45) is 7.05 Å². The number of nitro benzene ring substituents is 2. The third-order valence-electron chi connectivity index (χ3n) is 7.26. The molecule has 0 saturated carbocycles. The number of nitrogens with zero attached hydrogens (tertiary/aromatic N) is 6. The molecule has 3 heterocycles. The van der Waals surface area contributed by atoms with E-state index in [0.717, 1.165) is 60.0 Å². The Morgan fingerprint density at radius 2 is 1.71 bits per heavy atom. The van der Waals surface area contributed by atoms with E-state index in [1.54, 1.807) is 42.9 Å². The smallest absolute Gasteiger partial charge is 0.283 e. The van der Waals surface area contributed by atoms with E-state index >= 15 is 0 Å². The minimum atomic E-state index is -0.712. The molecule has 1 aliphatic rings. The van der Waals surface area contributed by atoms with Crippen molar-refractivity contribution >= 4 is 44.7 Å². The highest BCUT2D eigenvalue weighted by Crippen LogP contribution is 2.39. The molecule has 0 radical (unpaired) electrons. The molecular weight excluding hydrogens is 568 g/mol. The predicted octanol–water partition coefficient (Wildman–Crippen LogP) is 5.09. The highest BCUT2D eigenvalue weighted by molar-refractivity contribution is 7.99. The topological polar surface area (TPSA) is 148 Å². The number of thiophene rings is 1. The summed E-state index contributed by atoms with van der Waals surface area (Å²) < 4.78 is 4.35. The van der Waals surface area contributed by atoms with Gasteiger partial charge in [-0.2, -0.15) is 0 Å². The minimum Gasteiger partial charge on any atom is -0.283 e. The van der Waals surface area contributed by atoms with Crippen LogP contribution in [0.25, 0.3) is 21.6 Å². The fraction of sp³-hybridized carbons (Fsp3) is 0.222. The van der Waals surface area contributed by atoms with E-state index in [0.29, 0.717) is 21.6 Å². The Kier molecular flexibility index (Phi) is 6.58. The quantitative estimate of drug-likeness (QED) is 0.151. The van der Waals surface area contributed by atoms with Gasteiger partial charge < -0.3 is 0 Å². The predicted molar refractivity (Wildman–Crippen MR) is 155 cm³/mol. The van der Waals surface area contributed by atoms with Crippen LogP contribution in [0.3, 0.4) is 0 Å². The van der Waals surface area contributed by atoms with E-state index in [1.165, 1.54) is 26.7 Å². The second-order valence-corrected chi connectivity index (χ2v) is 11.7. The number of benzene rings is 2. The Balaban J connectivity index is 1.65. The van der Waals surface area contributed by atoms with Crippen molar-refractivity contribution in [2.75, 3.05) is 0 Å². The fourth-order valence-electron chi connectivity index (χ4n) is 5.21. The molecule has 0 N–H and O–H groups in total. The van der Waals surface area contributed by atoms with E-state index in [1.807, 2.05) is 6.07 Å². The first-order valence-corrected chi connectivity index (χ1v) is 14.3. The van der Waals surface area contributed by atoms with Crippen molar-refractivity contribution in [2.45, 2.75) is 42.7 Å². The second-order valence-electron chi connectivity index (χ2n) is 9.60. The fourth-order valence-corrected chi connectivity index (χ4v) is 7.49. The number of hydrogen-bond acceptors (Lipinski definition) is 9. The Hall–Kier alpha value is -4.56. The molecule has 208 valence electrons. The van der Waals surface area contributed by atoms with E-state index in [-0.39, 0.29) is 15.7 Å². The van der Waals surface area contributed by atoms with Gasteiger partial charge in [-0.3, -0.25) is 34.5 Å². The van der Waals surface area contributed by atoms with Crippen molar-refractivity contribution < 1.29 is 9.85 Å². The van der Waals surface area contributed by atoms with Gasteiger partial charge in [0.2, 0.25) is 0 Å². The van der Waals surface area contributed by atoms with Crippen LogP contribution in [0.1, 0.15) is 29.0 Å². The molecule has 3 aromatic heterocycles. The number of para-hydroxylation sites is 1. The first-order chi connectivity index (χ1) is 19.7. The number of rotatable bonds is 6. The van der Waals surface area contributed by atoms with Crippen LogP contribution in [0, 0.1) is 27.2 Å². The van der Waals surface area contributed by atoms with Crippen LogP contribution < -0.4 is 11.1 Å². The molecule has 0 saturated heterocycles. The molecule has 0 spiro atoms. The van der Waals surface area contributed by atoms with Crippen LogP contribution in [0.5, 0.6) is 0 Å². The average Bonchev–Trinajstić information content (AvgIpc) is 3.43. The minimum absolute atomic E-state index is 0.0545. The zero-order valence-corrected chi connectivity index (χ0v) is 23.5. The van der Waals surface area contributed by atoms with Gasteiger partial charge in [-0.1, -0.05) is 18.2 Å². The highest BCUT2D eigenvalue weighted by atomic mass is 32.2. The van der Waals surface area contributed by atoms with Gasteiger partial charge in [0.05, 0.1) is 37.6 Å². The van der Waals surface area contributed by atoms with Gasteiger partial charge >= 0.3 is 0 Å². The third kappa shape index (κ3) is 4.35. The lowest BCUT2D eigenvalue weighted by Gasteiger charge is -2.13. The van der Waals surface area contributed by atoms with Crippen LogP contribution >= 0.6 is 23.1 Å². The van der Waals surface area contributed by atoms with Crippen LogP contribution in [0.15, 0.2) is 68.2 Å². The summed E-state index contributed by atoms with van der Waals surface area (Å²) in [6.07, 6.45) is 3.50. The summed E-state index contributed by atoms with van der Waals surface area (Å²) >= 11 is 2.25. The summed E-state index contributed by atoms with van der Waals surface area (Å²) in [6, 6.07) is 12.3. The molecule has 0 aliphatic heterocycles. The van der Waals surface area contributed by atoms with Crippen molar-refractivity contribution in [3.8, 4) is 11.4 Å². The Morgan fingerprint density at radius 3 is 2.41 bits per heavy atom.